The molecule has 14 heteroatoms. The fourth-order valence-electron chi connectivity index (χ4n) is 6.17. The van der Waals surface area contributed by atoms with Gasteiger partial charge in [0.25, 0.3) is 5.92 Å². The highest BCUT2D eigenvalue weighted by Crippen LogP contribution is 2.46. The molecule has 1 unspecified atom stereocenters. The van der Waals surface area contributed by atoms with E-state index in [2.05, 4.69) is 15.0 Å². The first-order valence-electron chi connectivity index (χ1n) is 13.1. The number of hydrogen-bond acceptors (Lipinski definition) is 9. The third-order valence-corrected chi connectivity index (χ3v) is 8.17. The number of nitrogens with two attached hydrogens (primary N) is 2. The molecule has 10 nitrogen and oxygen atoms in total. The lowest BCUT2D eigenvalue weighted by molar-refractivity contribution is -0.172. The zero-order chi connectivity index (χ0) is 29.1. The molecule has 4 heterocycles. The minimum atomic E-state index is -3.29. The van der Waals surface area contributed by atoms with Crippen LogP contribution in [0, 0.1) is 11.6 Å². The van der Waals surface area contributed by atoms with E-state index in [1.165, 1.54) is 19.8 Å². The Labute approximate surface area is 232 Å². The summed E-state index contributed by atoms with van der Waals surface area (Å²) in [5, 5.41) is 10.6. The topological polar surface area (TPSA) is 141 Å². The molecule has 1 saturated carbocycles. The van der Waals surface area contributed by atoms with Gasteiger partial charge in [-0.1, -0.05) is 0 Å². The van der Waals surface area contributed by atoms with E-state index < -0.39 is 47.4 Å². The van der Waals surface area contributed by atoms with E-state index in [-0.39, 0.29) is 36.5 Å². The van der Waals surface area contributed by atoms with Crippen molar-refractivity contribution in [1.82, 2.24) is 24.5 Å². The average Bonchev–Trinajstić information content (AvgIpc) is 3.35. The number of halogens is 4. The molecule has 0 amide bonds. The van der Waals surface area contributed by atoms with Crippen molar-refractivity contribution in [2.75, 3.05) is 24.3 Å². The SMILES string of the molecule is COc1c(F)cc(-c2ccc(N3CCC[C@@]4(N)C3CCC(F)(F)[C@@H]4O)c(Cn3cnc4c(N)ncnc43)n2)cc1F. The summed E-state index contributed by atoms with van der Waals surface area (Å²) in [6, 6.07) is 4.99. The molecular weight excluding hydrogens is 544 g/mol. The van der Waals surface area contributed by atoms with Gasteiger partial charge in [-0.3, -0.25) is 0 Å². The number of ether oxygens (including phenoxy) is 1. The quantitative estimate of drug-likeness (QED) is 0.307. The smallest absolute Gasteiger partial charge is 0.275 e. The van der Waals surface area contributed by atoms with Crippen LogP contribution in [0.2, 0.25) is 0 Å². The lowest BCUT2D eigenvalue weighted by Gasteiger charge is -2.55. The van der Waals surface area contributed by atoms with Crippen LogP contribution in [0.5, 0.6) is 5.75 Å². The number of rotatable bonds is 5. The normalized spacial score (nSPS) is 23.9. The summed E-state index contributed by atoms with van der Waals surface area (Å²) in [4.78, 5) is 19.2. The van der Waals surface area contributed by atoms with E-state index in [0.29, 0.717) is 35.5 Å². The molecule has 5 N–H and O–H groups in total. The Balaban J connectivity index is 1.47. The highest BCUT2D eigenvalue weighted by Gasteiger charge is 2.60. The zero-order valence-corrected chi connectivity index (χ0v) is 22.1. The van der Waals surface area contributed by atoms with Gasteiger partial charge in [-0.2, -0.15) is 0 Å². The number of benzene rings is 1. The van der Waals surface area contributed by atoms with E-state index in [1.54, 1.807) is 16.7 Å². The molecule has 1 aliphatic heterocycles. The Morgan fingerprint density at radius 3 is 2.61 bits per heavy atom. The summed E-state index contributed by atoms with van der Waals surface area (Å²) in [7, 11) is 1.17. The second-order valence-corrected chi connectivity index (χ2v) is 10.6. The molecule has 216 valence electrons. The van der Waals surface area contributed by atoms with Crippen LogP contribution in [0.3, 0.4) is 0 Å². The minimum Gasteiger partial charge on any atom is -0.491 e. The monoisotopic (exact) mass is 572 g/mol. The summed E-state index contributed by atoms with van der Waals surface area (Å²) in [5.41, 5.74) is 13.3. The summed E-state index contributed by atoms with van der Waals surface area (Å²) in [6.07, 6.45) is 1.08. The van der Waals surface area contributed by atoms with E-state index in [1.807, 2.05) is 4.90 Å². The van der Waals surface area contributed by atoms with Gasteiger partial charge in [-0.15, -0.1) is 0 Å². The molecular formula is C27H28F4N8O2. The number of aromatic nitrogens is 5. The number of methoxy groups -OCH3 is 1. The van der Waals surface area contributed by atoms with Gasteiger partial charge in [-0.05, 0) is 43.5 Å². The van der Waals surface area contributed by atoms with Crippen molar-refractivity contribution < 1.29 is 27.4 Å². The Kier molecular flexibility index (Phi) is 6.49. The van der Waals surface area contributed by atoms with Gasteiger partial charge in [0, 0.05) is 24.6 Å². The highest BCUT2D eigenvalue weighted by molar-refractivity contribution is 5.81. The number of aliphatic hydroxyl groups is 1. The number of pyridine rings is 1. The lowest BCUT2D eigenvalue weighted by Crippen LogP contribution is -2.74. The summed E-state index contributed by atoms with van der Waals surface area (Å²) >= 11 is 0. The number of alkyl halides is 2. The van der Waals surface area contributed by atoms with E-state index in [4.69, 9.17) is 21.2 Å². The van der Waals surface area contributed by atoms with Gasteiger partial charge in [0.1, 0.15) is 17.9 Å². The van der Waals surface area contributed by atoms with Crippen molar-refractivity contribution in [1.29, 1.82) is 0 Å². The number of nitrogen functional groups attached to an aromatic ring is 1. The third kappa shape index (κ3) is 4.41. The van der Waals surface area contributed by atoms with Crippen LogP contribution in [0.4, 0.5) is 29.1 Å². The second-order valence-electron chi connectivity index (χ2n) is 10.6. The summed E-state index contributed by atoms with van der Waals surface area (Å²) in [5.74, 6) is -5.38. The van der Waals surface area contributed by atoms with Crippen LogP contribution in [0.25, 0.3) is 22.4 Å². The molecule has 1 saturated heterocycles. The number of anilines is 2. The van der Waals surface area contributed by atoms with Crippen molar-refractivity contribution in [3.8, 4) is 17.0 Å². The number of piperidine rings is 1. The fraction of sp³-hybridized carbons (Fsp3) is 0.407. The van der Waals surface area contributed by atoms with Crippen molar-refractivity contribution in [3.05, 3.63) is 54.2 Å². The number of fused-ring (bicyclic) bond motifs is 2. The molecule has 4 aromatic rings. The summed E-state index contributed by atoms with van der Waals surface area (Å²) < 4.78 is 64.7. The Morgan fingerprint density at radius 2 is 1.88 bits per heavy atom. The van der Waals surface area contributed by atoms with Crippen molar-refractivity contribution in [2.24, 2.45) is 5.73 Å². The van der Waals surface area contributed by atoms with Gasteiger partial charge in [0.15, 0.2) is 28.8 Å². The molecule has 3 aromatic heterocycles. The number of nitrogens with zero attached hydrogens (tertiary/aromatic N) is 6. The number of imidazole rings is 1. The van der Waals surface area contributed by atoms with Crippen LogP contribution >= 0.6 is 0 Å². The molecule has 2 fully saturated rings. The van der Waals surface area contributed by atoms with Gasteiger partial charge >= 0.3 is 0 Å². The standard InChI is InChI=1S/C27H28F4N8O2/c1-41-22-15(28)9-14(10-16(22)29)17-3-4-19(18(37-17)11-38-13-36-21-23(32)34-12-35-24(21)38)39-8-2-6-26(33)20(39)5-7-27(30,31)25(26)40/h3-4,9-10,12-13,20,25,40H,2,5-8,11,33H2,1H3,(H2,32,34,35)/t20?,25-,26-/m1/s1. The maximum Gasteiger partial charge on any atom is 0.275 e. The maximum atomic E-state index is 14.6. The predicted molar refractivity (Wildman–Crippen MR) is 142 cm³/mol. The van der Waals surface area contributed by atoms with E-state index in [0.717, 1.165) is 12.1 Å². The summed E-state index contributed by atoms with van der Waals surface area (Å²) in [6.45, 7) is 0.596. The number of hydrogen-bond donors (Lipinski definition) is 3. The average molecular weight is 573 g/mol. The second kappa shape index (κ2) is 9.80. The van der Waals surface area contributed by atoms with Gasteiger partial charge in [-0.25, -0.2) is 37.5 Å². The Bertz CT molecular complexity index is 1610. The van der Waals surface area contributed by atoms with Crippen LogP contribution < -0.4 is 21.1 Å². The molecule has 6 rings (SSSR count). The van der Waals surface area contributed by atoms with E-state index in [9.17, 15) is 22.7 Å². The third-order valence-electron chi connectivity index (χ3n) is 8.17. The fourth-order valence-corrected chi connectivity index (χ4v) is 6.17. The van der Waals surface area contributed by atoms with Crippen molar-refractivity contribution in [2.45, 2.75) is 55.8 Å². The Hall–Kier alpha value is -4.04. The van der Waals surface area contributed by atoms with Crippen LogP contribution in [-0.4, -0.2) is 66.9 Å². The minimum absolute atomic E-state index is 0.0639. The van der Waals surface area contributed by atoms with Crippen molar-refractivity contribution >= 4 is 22.7 Å². The molecule has 3 atom stereocenters. The number of aliphatic hydroxyl groups excluding tert-OH is 1. The van der Waals surface area contributed by atoms with Crippen LogP contribution in [0.1, 0.15) is 31.4 Å². The first-order valence-corrected chi connectivity index (χ1v) is 13.1. The molecule has 0 bridgehead atoms. The van der Waals surface area contributed by atoms with E-state index >= 15 is 0 Å². The highest BCUT2D eigenvalue weighted by atomic mass is 19.3. The largest absolute Gasteiger partial charge is 0.491 e. The first-order chi connectivity index (χ1) is 19.5. The van der Waals surface area contributed by atoms with Crippen LogP contribution in [-0.2, 0) is 6.54 Å². The zero-order valence-electron chi connectivity index (χ0n) is 22.1. The van der Waals surface area contributed by atoms with Gasteiger partial charge in [0.2, 0.25) is 0 Å². The molecule has 0 spiro atoms. The Morgan fingerprint density at radius 1 is 1.12 bits per heavy atom. The molecule has 0 radical (unpaired) electrons. The van der Waals surface area contributed by atoms with Gasteiger partial charge in [0.05, 0.1) is 42.6 Å². The molecule has 2 aliphatic rings. The maximum absolute atomic E-state index is 14.6. The molecule has 1 aliphatic carbocycles. The lowest BCUT2D eigenvalue weighted by atomic mass is 9.68. The van der Waals surface area contributed by atoms with Crippen molar-refractivity contribution in [3.63, 3.8) is 0 Å². The predicted octanol–water partition coefficient (Wildman–Crippen LogP) is 3.26. The van der Waals surface area contributed by atoms with Crippen LogP contribution in [0.15, 0.2) is 36.9 Å². The molecule has 1 aromatic carbocycles. The molecule has 41 heavy (non-hydrogen) atoms. The van der Waals surface area contributed by atoms with Gasteiger partial charge < -0.3 is 30.8 Å². The first kappa shape index (κ1) is 27.1.